The van der Waals surface area contributed by atoms with Crippen molar-refractivity contribution in [2.45, 2.75) is 20.1 Å². The van der Waals surface area contributed by atoms with Crippen LogP contribution in [0.4, 0.5) is 5.82 Å². The average molecular weight is 348 g/mol. The van der Waals surface area contributed by atoms with Gasteiger partial charge in [-0.3, -0.25) is 0 Å². The van der Waals surface area contributed by atoms with Gasteiger partial charge < -0.3 is 15.2 Å². The number of nitriles is 1. The predicted molar refractivity (Wildman–Crippen MR) is 99.0 cm³/mol. The SMILES string of the molecule is COc1cccc(COc2nn(Cc3cccc(C)c3)c(N)c2C#N)c1. The molecule has 0 radical (unpaired) electrons. The minimum absolute atomic E-state index is 0.237. The van der Waals surface area contributed by atoms with E-state index in [0.29, 0.717) is 12.4 Å². The van der Waals surface area contributed by atoms with Crippen LogP contribution in [0, 0.1) is 18.3 Å². The lowest BCUT2D eigenvalue weighted by Crippen LogP contribution is -2.06. The highest BCUT2D eigenvalue weighted by Gasteiger charge is 2.17. The van der Waals surface area contributed by atoms with E-state index in [-0.39, 0.29) is 18.1 Å². The molecule has 0 aliphatic rings. The molecule has 0 saturated carbocycles. The van der Waals surface area contributed by atoms with Crippen LogP contribution in [0.3, 0.4) is 0 Å². The van der Waals surface area contributed by atoms with Crippen molar-refractivity contribution >= 4 is 5.82 Å². The minimum atomic E-state index is 0.237. The Kier molecular flexibility index (Phi) is 5.09. The Balaban J connectivity index is 1.80. The van der Waals surface area contributed by atoms with Crippen LogP contribution in [0.25, 0.3) is 0 Å². The van der Waals surface area contributed by atoms with Crippen LogP contribution in [0.1, 0.15) is 22.3 Å². The Bertz CT molecular complexity index is 957. The van der Waals surface area contributed by atoms with Crippen molar-refractivity contribution < 1.29 is 9.47 Å². The van der Waals surface area contributed by atoms with E-state index in [1.54, 1.807) is 11.8 Å². The zero-order chi connectivity index (χ0) is 18.5. The number of hydrogen-bond donors (Lipinski definition) is 1. The van der Waals surface area contributed by atoms with Gasteiger partial charge in [-0.05, 0) is 30.2 Å². The molecule has 0 atom stereocenters. The molecule has 0 bridgehead atoms. The van der Waals surface area contributed by atoms with Gasteiger partial charge in [0.05, 0.1) is 13.7 Å². The number of anilines is 1. The monoisotopic (exact) mass is 348 g/mol. The number of benzene rings is 2. The molecule has 0 aliphatic carbocycles. The fraction of sp³-hybridized carbons (Fsp3) is 0.200. The lowest BCUT2D eigenvalue weighted by molar-refractivity contribution is 0.288. The number of nitrogens with two attached hydrogens (primary N) is 1. The summed E-state index contributed by atoms with van der Waals surface area (Å²) in [6.07, 6.45) is 0. The van der Waals surface area contributed by atoms with Gasteiger partial charge in [0, 0.05) is 0 Å². The van der Waals surface area contributed by atoms with Crippen LogP contribution in [-0.4, -0.2) is 16.9 Å². The first-order valence-corrected chi connectivity index (χ1v) is 8.18. The van der Waals surface area contributed by atoms with Crippen molar-refractivity contribution in [2.24, 2.45) is 0 Å². The molecule has 6 nitrogen and oxygen atoms in total. The standard InChI is InChI=1S/C20H20N4O2/c1-14-5-3-6-15(9-14)12-24-19(22)18(11-21)20(23-24)26-13-16-7-4-8-17(10-16)25-2/h3-10H,12-13,22H2,1-2H3. The normalized spacial score (nSPS) is 10.3. The van der Waals surface area contributed by atoms with E-state index in [2.05, 4.69) is 17.2 Å². The number of ether oxygens (including phenoxy) is 2. The van der Waals surface area contributed by atoms with E-state index in [1.807, 2.05) is 49.4 Å². The predicted octanol–water partition coefficient (Wildman–Crippen LogP) is 3.28. The summed E-state index contributed by atoms with van der Waals surface area (Å²) in [5, 5.41) is 13.8. The molecule has 2 aromatic carbocycles. The third-order valence-corrected chi connectivity index (χ3v) is 4.00. The fourth-order valence-corrected chi connectivity index (χ4v) is 2.68. The summed E-state index contributed by atoms with van der Waals surface area (Å²) < 4.78 is 12.5. The fourth-order valence-electron chi connectivity index (χ4n) is 2.68. The molecule has 0 saturated heterocycles. The second-order valence-electron chi connectivity index (χ2n) is 5.96. The molecular weight excluding hydrogens is 328 g/mol. The maximum atomic E-state index is 9.42. The zero-order valence-electron chi connectivity index (χ0n) is 14.8. The van der Waals surface area contributed by atoms with E-state index >= 15 is 0 Å². The largest absolute Gasteiger partial charge is 0.497 e. The van der Waals surface area contributed by atoms with Crippen molar-refractivity contribution in [3.8, 4) is 17.7 Å². The molecule has 3 aromatic rings. The smallest absolute Gasteiger partial charge is 0.253 e. The van der Waals surface area contributed by atoms with Gasteiger partial charge in [-0.25, -0.2) is 4.68 Å². The van der Waals surface area contributed by atoms with Gasteiger partial charge in [-0.15, -0.1) is 5.10 Å². The van der Waals surface area contributed by atoms with Crippen molar-refractivity contribution in [2.75, 3.05) is 12.8 Å². The third kappa shape index (κ3) is 3.78. The molecule has 1 aromatic heterocycles. The summed E-state index contributed by atoms with van der Waals surface area (Å²) in [6, 6.07) is 17.7. The van der Waals surface area contributed by atoms with Crippen LogP contribution >= 0.6 is 0 Å². The van der Waals surface area contributed by atoms with Crippen LogP contribution in [0.2, 0.25) is 0 Å². The minimum Gasteiger partial charge on any atom is -0.497 e. The number of nitrogen functional groups attached to an aromatic ring is 1. The Labute approximate surface area is 152 Å². The third-order valence-electron chi connectivity index (χ3n) is 4.00. The van der Waals surface area contributed by atoms with E-state index < -0.39 is 0 Å². The maximum Gasteiger partial charge on any atom is 0.253 e. The maximum absolute atomic E-state index is 9.42. The van der Waals surface area contributed by atoms with Gasteiger partial charge in [0.15, 0.2) is 5.56 Å². The Morgan fingerprint density at radius 3 is 2.65 bits per heavy atom. The first-order chi connectivity index (χ1) is 12.6. The molecule has 2 N–H and O–H groups in total. The van der Waals surface area contributed by atoms with E-state index in [9.17, 15) is 5.26 Å². The number of nitrogens with zero attached hydrogens (tertiary/aromatic N) is 3. The molecule has 0 fully saturated rings. The zero-order valence-corrected chi connectivity index (χ0v) is 14.8. The van der Waals surface area contributed by atoms with Gasteiger partial charge in [0.1, 0.15) is 24.2 Å². The molecule has 0 spiro atoms. The second-order valence-corrected chi connectivity index (χ2v) is 5.96. The molecular formula is C20H20N4O2. The van der Waals surface area contributed by atoms with Gasteiger partial charge in [-0.1, -0.05) is 42.0 Å². The average Bonchev–Trinajstić information content (AvgIpc) is 2.95. The summed E-state index contributed by atoms with van der Waals surface area (Å²) in [5.74, 6) is 1.28. The second kappa shape index (κ2) is 7.62. The van der Waals surface area contributed by atoms with Gasteiger partial charge in [0.25, 0.3) is 5.88 Å². The van der Waals surface area contributed by atoms with E-state index in [0.717, 1.165) is 22.4 Å². The molecule has 0 aliphatic heterocycles. The molecule has 0 amide bonds. The van der Waals surface area contributed by atoms with Crippen molar-refractivity contribution in [3.05, 3.63) is 70.8 Å². The number of hydrogen-bond acceptors (Lipinski definition) is 5. The summed E-state index contributed by atoms with van der Waals surface area (Å²) in [7, 11) is 1.61. The number of rotatable bonds is 6. The van der Waals surface area contributed by atoms with Crippen molar-refractivity contribution in [1.29, 1.82) is 5.26 Å². The summed E-state index contributed by atoms with van der Waals surface area (Å²) in [5.41, 5.74) is 9.47. The molecule has 1 heterocycles. The molecule has 3 rings (SSSR count). The molecule has 6 heteroatoms. The molecule has 26 heavy (non-hydrogen) atoms. The van der Waals surface area contributed by atoms with Crippen LogP contribution in [0.15, 0.2) is 48.5 Å². The Morgan fingerprint density at radius 2 is 1.92 bits per heavy atom. The van der Waals surface area contributed by atoms with Crippen molar-refractivity contribution in [3.63, 3.8) is 0 Å². The quantitative estimate of drug-likeness (QED) is 0.739. The van der Waals surface area contributed by atoms with Crippen LogP contribution in [-0.2, 0) is 13.2 Å². The van der Waals surface area contributed by atoms with Gasteiger partial charge >= 0.3 is 0 Å². The van der Waals surface area contributed by atoms with Crippen molar-refractivity contribution in [1.82, 2.24) is 9.78 Å². The highest BCUT2D eigenvalue weighted by molar-refractivity contribution is 5.55. The van der Waals surface area contributed by atoms with Crippen LogP contribution in [0.5, 0.6) is 11.6 Å². The Hall–Kier alpha value is -3.46. The first kappa shape index (κ1) is 17.4. The highest BCUT2D eigenvalue weighted by Crippen LogP contribution is 2.25. The van der Waals surface area contributed by atoms with E-state index in [4.69, 9.17) is 15.2 Å². The topological polar surface area (TPSA) is 86.1 Å². The summed E-state index contributed by atoms with van der Waals surface area (Å²) in [6.45, 7) is 2.77. The number of aromatic nitrogens is 2. The van der Waals surface area contributed by atoms with Crippen LogP contribution < -0.4 is 15.2 Å². The Morgan fingerprint density at radius 1 is 1.15 bits per heavy atom. The molecule has 0 unspecified atom stereocenters. The van der Waals surface area contributed by atoms with E-state index in [1.165, 1.54) is 0 Å². The summed E-state index contributed by atoms with van der Waals surface area (Å²) in [4.78, 5) is 0. The highest BCUT2D eigenvalue weighted by atomic mass is 16.5. The number of methoxy groups -OCH3 is 1. The summed E-state index contributed by atoms with van der Waals surface area (Å²) >= 11 is 0. The van der Waals surface area contributed by atoms with Gasteiger partial charge in [0.2, 0.25) is 0 Å². The lowest BCUT2D eigenvalue weighted by atomic mass is 10.1. The number of aryl methyl sites for hydroxylation is 1. The lowest BCUT2D eigenvalue weighted by Gasteiger charge is -2.06. The van der Waals surface area contributed by atoms with Gasteiger partial charge in [-0.2, -0.15) is 5.26 Å². The molecule has 132 valence electrons. The first-order valence-electron chi connectivity index (χ1n) is 8.18.